The van der Waals surface area contributed by atoms with Gasteiger partial charge < -0.3 is 14.7 Å². The topological polar surface area (TPSA) is 104 Å². The smallest absolute Gasteiger partial charge is 0.332 e. The zero-order valence-corrected chi connectivity index (χ0v) is 14.7. The summed E-state index contributed by atoms with van der Waals surface area (Å²) in [5.41, 5.74) is -0.794. The minimum Gasteiger partial charge on any atom is -0.859 e. The van der Waals surface area contributed by atoms with Gasteiger partial charge in [-0.1, -0.05) is 18.2 Å². The van der Waals surface area contributed by atoms with Crippen molar-refractivity contribution in [2.75, 3.05) is 39.4 Å². The van der Waals surface area contributed by atoms with Crippen LogP contribution < -0.4 is 21.3 Å². The second-order valence-electron chi connectivity index (χ2n) is 6.19. The van der Waals surface area contributed by atoms with Gasteiger partial charge >= 0.3 is 5.69 Å². The molecule has 0 unspecified atom stereocenters. The van der Waals surface area contributed by atoms with E-state index in [-0.39, 0.29) is 5.56 Å². The van der Waals surface area contributed by atoms with Crippen LogP contribution in [0, 0.1) is 0 Å². The number of rotatable bonds is 5. The summed E-state index contributed by atoms with van der Waals surface area (Å²) in [5, 5.41) is 12.8. The Morgan fingerprint density at radius 1 is 1.27 bits per heavy atom. The highest BCUT2D eigenvalue weighted by Gasteiger charge is 2.14. The molecule has 0 spiro atoms. The molecule has 0 aliphatic carbocycles. The first-order valence-corrected chi connectivity index (χ1v) is 8.62. The minimum atomic E-state index is -0.750. The molecule has 0 bridgehead atoms. The molecule has 8 heteroatoms. The summed E-state index contributed by atoms with van der Waals surface area (Å²) in [6, 6.07) is 8.50. The Morgan fingerprint density at radius 2 is 1.96 bits per heavy atom. The lowest BCUT2D eigenvalue weighted by atomic mass is 10.2. The van der Waals surface area contributed by atoms with Crippen molar-refractivity contribution in [3.8, 4) is 11.6 Å². The third-order valence-corrected chi connectivity index (χ3v) is 4.46. The number of benzene rings is 1. The fourth-order valence-corrected chi connectivity index (χ4v) is 3.02. The van der Waals surface area contributed by atoms with Gasteiger partial charge in [0.15, 0.2) is 0 Å². The Kier molecular flexibility index (Phi) is 5.65. The number of hydrogen-bond acceptors (Lipinski definition) is 5. The molecule has 138 valence electrons. The van der Waals surface area contributed by atoms with E-state index in [0.29, 0.717) is 17.9 Å². The molecule has 0 atom stereocenters. The van der Waals surface area contributed by atoms with Crippen LogP contribution >= 0.6 is 0 Å². The van der Waals surface area contributed by atoms with E-state index < -0.39 is 17.1 Å². The van der Waals surface area contributed by atoms with Gasteiger partial charge in [-0.3, -0.25) is 19.3 Å². The fourth-order valence-electron chi connectivity index (χ4n) is 3.02. The van der Waals surface area contributed by atoms with Crippen LogP contribution in [0.1, 0.15) is 12.5 Å². The van der Waals surface area contributed by atoms with E-state index in [1.807, 2.05) is 0 Å². The average Bonchev–Trinajstić information content (AvgIpc) is 2.63. The van der Waals surface area contributed by atoms with Crippen LogP contribution in [-0.4, -0.2) is 54.7 Å². The molecule has 1 aromatic carbocycles. The van der Waals surface area contributed by atoms with Crippen LogP contribution in [0.4, 0.5) is 0 Å². The van der Waals surface area contributed by atoms with Crippen molar-refractivity contribution in [1.82, 2.24) is 9.55 Å². The molecule has 0 amide bonds. The molecule has 2 heterocycles. The fraction of sp³-hybridized carbons (Fsp3) is 0.389. The number of hydrogen-bond donors (Lipinski definition) is 2. The highest BCUT2D eigenvalue weighted by molar-refractivity contribution is 6.00. The van der Waals surface area contributed by atoms with Crippen molar-refractivity contribution >= 4 is 5.71 Å². The second-order valence-corrected chi connectivity index (χ2v) is 6.19. The standard InChI is InChI=1S/C18H22N4O4/c1-13(19-7-8-21-9-11-26-12-10-21)15-16(23)20-18(25)22(17(15)24)14-5-3-2-4-6-14/h2-6,24H,7-12H2,1H3,(H,20,23,25). The van der Waals surface area contributed by atoms with E-state index in [1.165, 1.54) is 4.90 Å². The summed E-state index contributed by atoms with van der Waals surface area (Å²) >= 11 is 0. The number of aliphatic imine (C=N–C) groups is 1. The maximum atomic E-state index is 12.8. The molecule has 1 fully saturated rings. The number of H-pyrrole nitrogens is 1. The quantitative estimate of drug-likeness (QED) is 0.623. The second kappa shape index (κ2) is 8.11. The number of aromatic nitrogens is 2. The van der Waals surface area contributed by atoms with Gasteiger partial charge in [-0.25, -0.2) is 4.79 Å². The predicted molar refractivity (Wildman–Crippen MR) is 95.6 cm³/mol. The number of nitrogens with zero attached hydrogens (tertiary/aromatic N) is 2. The number of para-hydroxylation sites is 1. The molecule has 1 aromatic heterocycles. The maximum absolute atomic E-state index is 12.8. The zero-order chi connectivity index (χ0) is 18.5. The van der Waals surface area contributed by atoms with Crippen LogP contribution in [-0.2, 0) is 4.74 Å². The molecular weight excluding hydrogens is 336 g/mol. The minimum absolute atomic E-state index is 0.0922. The molecule has 3 rings (SSSR count). The molecular formula is C18H22N4O4. The van der Waals surface area contributed by atoms with Gasteiger partial charge in [-0.05, 0) is 24.9 Å². The first kappa shape index (κ1) is 18.1. The lowest BCUT2D eigenvalue weighted by molar-refractivity contribution is -0.906. The van der Waals surface area contributed by atoms with Crippen molar-refractivity contribution in [2.45, 2.75) is 6.92 Å². The predicted octanol–water partition coefficient (Wildman–Crippen LogP) is -1.68. The molecule has 1 saturated heterocycles. The summed E-state index contributed by atoms with van der Waals surface area (Å²) in [4.78, 5) is 32.3. The number of nitrogens with one attached hydrogen (secondary N) is 2. The Labute approximate surface area is 150 Å². The normalized spacial score (nSPS) is 16.0. The number of quaternary nitrogens is 1. The zero-order valence-electron chi connectivity index (χ0n) is 14.7. The lowest BCUT2D eigenvalue weighted by Crippen LogP contribution is -3.14. The molecule has 26 heavy (non-hydrogen) atoms. The monoisotopic (exact) mass is 358 g/mol. The summed E-state index contributed by atoms with van der Waals surface area (Å²) in [7, 11) is 0. The average molecular weight is 358 g/mol. The molecule has 1 aliphatic rings. The molecule has 0 saturated carbocycles. The van der Waals surface area contributed by atoms with Crippen molar-refractivity contribution in [2.24, 2.45) is 4.99 Å². The number of ether oxygens (including phenoxy) is 1. The Bertz CT molecular complexity index is 896. The molecule has 1 aliphatic heterocycles. The van der Waals surface area contributed by atoms with Crippen molar-refractivity contribution in [3.63, 3.8) is 0 Å². The highest BCUT2D eigenvalue weighted by atomic mass is 16.5. The largest absolute Gasteiger partial charge is 0.859 e. The van der Waals surface area contributed by atoms with Gasteiger partial charge in [-0.2, -0.15) is 0 Å². The van der Waals surface area contributed by atoms with E-state index in [9.17, 15) is 14.7 Å². The Balaban J connectivity index is 1.88. The first-order chi connectivity index (χ1) is 12.6. The Hall–Kier alpha value is -2.71. The summed E-state index contributed by atoms with van der Waals surface area (Å²) in [6.45, 7) is 6.28. The summed E-state index contributed by atoms with van der Waals surface area (Å²) < 4.78 is 6.28. The summed E-state index contributed by atoms with van der Waals surface area (Å²) in [5.74, 6) is -0.648. The van der Waals surface area contributed by atoms with Crippen molar-refractivity contribution < 1.29 is 14.7 Å². The van der Waals surface area contributed by atoms with E-state index in [1.54, 1.807) is 37.3 Å². The van der Waals surface area contributed by atoms with E-state index in [0.717, 1.165) is 37.4 Å². The number of morpholine rings is 1. The van der Waals surface area contributed by atoms with E-state index >= 15 is 0 Å². The van der Waals surface area contributed by atoms with Crippen molar-refractivity contribution in [3.05, 3.63) is 56.7 Å². The van der Waals surface area contributed by atoms with Gasteiger partial charge in [0.2, 0.25) is 0 Å². The van der Waals surface area contributed by atoms with E-state index in [4.69, 9.17) is 4.74 Å². The van der Waals surface area contributed by atoms with Gasteiger partial charge in [0.25, 0.3) is 5.56 Å². The van der Waals surface area contributed by atoms with Crippen LogP contribution in [0.25, 0.3) is 5.69 Å². The molecule has 0 radical (unpaired) electrons. The first-order valence-electron chi connectivity index (χ1n) is 8.62. The lowest BCUT2D eigenvalue weighted by Gasteiger charge is -2.23. The maximum Gasteiger partial charge on any atom is 0.332 e. The van der Waals surface area contributed by atoms with Gasteiger partial charge in [0, 0.05) is 11.4 Å². The molecule has 8 nitrogen and oxygen atoms in total. The van der Waals surface area contributed by atoms with Crippen LogP contribution in [0.2, 0.25) is 0 Å². The van der Waals surface area contributed by atoms with Gasteiger partial charge in [0.1, 0.15) is 13.1 Å². The van der Waals surface area contributed by atoms with Crippen LogP contribution in [0.5, 0.6) is 5.88 Å². The summed E-state index contributed by atoms with van der Waals surface area (Å²) in [6.07, 6.45) is 0. The van der Waals surface area contributed by atoms with Crippen LogP contribution in [0.3, 0.4) is 0 Å². The number of aromatic amines is 1. The Morgan fingerprint density at radius 3 is 2.65 bits per heavy atom. The van der Waals surface area contributed by atoms with Gasteiger partial charge in [-0.15, -0.1) is 0 Å². The SMILES string of the molecule is CC(=NCC[NH+]1CCOCC1)c1c([O-])n(-c2ccccc2)c(=O)[nH]c1=O. The third kappa shape index (κ3) is 3.92. The third-order valence-electron chi connectivity index (χ3n) is 4.46. The van der Waals surface area contributed by atoms with E-state index in [2.05, 4.69) is 9.98 Å². The van der Waals surface area contributed by atoms with Crippen LogP contribution in [0.15, 0.2) is 44.9 Å². The molecule has 2 N–H and O–H groups in total. The highest BCUT2D eigenvalue weighted by Crippen LogP contribution is 2.13. The van der Waals surface area contributed by atoms with Gasteiger partial charge in [0.05, 0.1) is 31.9 Å². The van der Waals surface area contributed by atoms with Crippen molar-refractivity contribution in [1.29, 1.82) is 0 Å². The molecule has 2 aromatic rings.